The van der Waals surface area contributed by atoms with Crippen molar-refractivity contribution in [2.24, 2.45) is 4.99 Å². The van der Waals surface area contributed by atoms with Gasteiger partial charge in [0.25, 0.3) is 5.56 Å². The van der Waals surface area contributed by atoms with E-state index in [1.54, 1.807) is 37.3 Å². The first kappa shape index (κ1) is 30.1. The van der Waals surface area contributed by atoms with Crippen LogP contribution in [0, 0.1) is 3.57 Å². The van der Waals surface area contributed by atoms with Gasteiger partial charge in [-0.3, -0.25) is 9.36 Å². The molecule has 0 N–H and O–H groups in total. The van der Waals surface area contributed by atoms with Crippen molar-refractivity contribution in [1.29, 1.82) is 0 Å². The molecule has 3 aromatic carbocycles. The molecule has 1 atom stereocenters. The maximum Gasteiger partial charge on any atom is 0.338 e. The number of carbonyl (C=O) groups is 1. The van der Waals surface area contributed by atoms with Crippen LogP contribution in [0.4, 0.5) is 0 Å². The Bertz CT molecular complexity index is 1830. The molecule has 42 heavy (non-hydrogen) atoms. The summed E-state index contributed by atoms with van der Waals surface area (Å²) in [4.78, 5) is 33.4. The molecule has 0 aliphatic carbocycles. The van der Waals surface area contributed by atoms with E-state index in [9.17, 15) is 9.59 Å². The number of carbonyl (C=O) groups excluding carboxylic acids is 1. The van der Waals surface area contributed by atoms with E-state index in [-0.39, 0.29) is 12.2 Å². The zero-order chi connectivity index (χ0) is 29.8. The summed E-state index contributed by atoms with van der Waals surface area (Å²) in [6, 6.07) is 21.0. The van der Waals surface area contributed by atoms with Crippen molar-refractivity contribution in [1.82, 2.24) is 4.57 Å². The Hall–Kier alpha value is -3.35. The maximum absolute atomic E-state index is 14.0. The second-order valence-electron chi connectivity index (χ2n) is 9.38. The van der Waals surface area contributed by atoms with Crippen LogP contribution in [0.5, 0.6) is 11.5 Å². The van der Waals surface area contributed by atoms with Crippen molar-refractivity contribution in [3.8, 4) is 11.5 Å². The van der Waals surface area contributed by atoms with Crippen LogP contribution in [-0.4, -0.2) is 30.5 Å². The summed E-state index contributed by atoms with van der Waals surface area (Å²) in [5.41, 5.74) is 3.32. The van der Waals surface area contributed by atoms with Gasteiger partial charge in [0.15, 0.2) is 16.3 Å². The predicted molar refractivity (Wildman–Crippen MR) is 175 cm³/mol. The molecule has 1 aliphatic heterocycles. The van der Waals surface area contributed by atoms with Crippen LogP contribution in [-0.2, 0) is 16.1 Å². The van der Waals surface area contributed by atoms with E-state index in [4.69, 9.17) is 14.2 Å². The highest BCUT2D eigenvalue weighted by molar-refractivity contribution is 14.1. The van der Waals surface area contributed by atoms with E-state index in [2.05, 4.69) is 27.6 Å². The van der Waals surface area contributed by atoms with Crippen molar-refractivity contribution in [3.63, 3.8) is 0 Å². The third-order valence-electron chi connectivity index (χ3n) is 6.72. The number of halogens is 1. The van der Waals surface area contributed by atoms with Gasteiger partial charge in [0.05, 0.1) is 39.1 Å². The van der Waals surface area contributed by atoms with Gasteiger partial charge in [0.1, 0.15) is 6.61 Å². The summed E-state index contributed by atoms with van der Waals surface area (Å²) < 4.78 is 20.1. The maximum atomic E-state index is 14.0. The quantitative estimate of drug-likeness (QED) is 0.126. The summed E-state index contributed by atoms with van der Waals surface area (Å²) in [6.45, 7) is 4.18. The van der Waals surface area contributed by atoms with Crippen LogP contribution in [0.2, 0.25) is 0 Å². The molecule has 4 aromatic rings. The van der Waals surface area contributed by atoms with Gasteiger partial charge in [-0.1, -0.05) is 53.8 Å². The molecule has 0 saturated heterocycles. The molecule has 0 fully saturated rings. The fourth-order valence-corrected chi connectivity index (χ4v) is 6.97. The minimum atomic E-state index is -0.651. The zero-order valence-electron chi connectivity index (χ0n) is 23.5. The van der Waals surface area contributed by atoms with E-state index < -0.39 is 12.0 Å². The van der Waals surface area contributed by atoms with E-state index in [1.807, 2.05) is 79.1 Å². The van der Waals surface area contributed by atoms with Gasteiger partial charge in [-0.15, -0.1) is 11.8 Å². The Labute approximate surface area is 265 Å². The lowest BCUT2D eigenvalue weighted by Crippen LogP contribution is -2.39. The van der Waals surface area contributed by atoms with Crippen molar-refractivity contribution in [2.75, 3.05) is 20.0 Å². The molecule has 0 amide bonds. The molecule has 7 nitrogen and oxygen atoms in total. The normalized spacial score (nSPS) is 14.8. The van der Waals surface area contributed by atoms with Gasteiger partial charge < -0.3 is 14.2 Å². The van der Waals surface area contributed by atoms with Crippen molar-refractivity contribution < 1.29 is 19.0 Å². The van der Waals surface area contributed by atoms with E-state index in [1.165, 1.54) is 11.3 Å². The Morgan fingerprint density at radius 2 is 1.88 bits per heavy atom. The lowest BCUT2D eigenvalue weighted by molar-refractivity contribution is -0.139. The first-order chi connectivity index (χ1) is 20.3. The third kappa shape index (κ3) is 6.20. The fraction of sp³-hybridized carbons (Fsp3) is 0.219. The standard InChI is InChI=1S/C32H29IN2O5S2/c1-5-39-31(37)27-19(2)34-32-35(28(27)22-11-13-23(41-4)14-12-22)30(36)26(42-32)17-21-15-24(33)29(25(16-21)38-3)40-18-20-9-7-6-8-10-20/h6-17,28H,5,18H2,1-4H3/b26-17-/t28-/m1/s1. The van der Waals surface area contributed by atoms with Crippen LogP contribution >= 0.6 is 45.7 Å². The average Bonchev–Trinajstić information content (AvgIpc) is 3.30. The number of allylic oxidation sites excluding steroid dienone is 1. The second-order valence-corrected chi connectivity index (χ2v) is 12.4. The number of hydrogen-bond donors (Lipinski definition) is 0. The number of thioether (sulfide) groups is 1. The number of rotatable bonds is 9. The lowest BCUT2D eigenvalue weighted by Gasteiger charge is -2.24. The zero-order valence-corrected chi connectivity index (χ0v) is 27.3. The minimum Gasteiger partial charge on any atom is -0.493 e. The van der Waals surface area contributed by atoms with E-state index >= 15 is 0 Å². The van der Waals surface area contributed by atoms with E-state index in [0.29, 0.717) is 38.7 Å². The number of hydrogen-bond acceptors (Lipinski definition) is 8. The molecular formula is C32H29IN2O5S2. The van der Waals surface area contributed by atoms with E-state index in [0.717, 1.165) is 25.2 Å². The summed E-state index contributed by atoms with van der Waals surface area (Å²) in [7, 11) is 1.60. The molecule has 5 rings (SSSR count). The highest BCUT2D eigenvalue weighted by Crippen LogP contribution is 2.35. The predicted octanol–water partition coefficient (Wildman–Crippen LogP) is 5.71. The molecule has 216 valence electrons. The second kappa shape index (κ2) is 13.3. The monoisotopic (exact) mass is 712 g/mol. The first-order valence-electron chi connectivity index (χ1n) is 13.2. The van der Waals surface area contributed by atoms with Gasteiger partial charge in [-0.05, 0) is 89.7 Å². The molecule has 1 aromatic heterocycles. The number of fused-ring (bicyclic) bond motifs is 1. The molecule has 10 heteroatoms. The Kier molecular flexibility index (Phi) is 9.54. The first-order valence-corrected chi connectivity index (χ1v) is 16.3. The number of thiazole rings is 1. The molecule has 1 aliphatic rings. The SMILES string of the molecule is CCOC(=O)C1=C(C)N=c2s/c(=C\c3cc(I)c(OCc4ccccc4)c(OC)c3)c(=O)n2[C@@H]1c1ccc(SC)cc1. The number of methoxy groups -OCH3 is 1. The summed E-state index contributed by atoms with van der Waals surface area (Å²) in [5, 5.41) is 0. The van der Waals surface area contributed by atoms with Crippen LogP contribution < -0.4 is 24.4 Å². The molecule has 2 heterocycles. The Balaban J connectivity index is 1.58. The van der Waals surface area contributed by atoms with Gasteiger partial charge in [-0.25, -0.2) is 9.79 Å². The number of aromatic nitrogens is 1. The summed E-state index contributed by atoms with van der Waals surface area (Å²) in [5.74, 6) is 0.741. The van der Waals surface area contributed by atoms with Crippen molar-refractivity contribution in [2.45, 2.75) is 31.4 Å². The topological polar surface area (TPSA) is 79.1 Å². The fourth-order valence-electron chi connectivity index (χ4n) is 4.74. The van der Waals surface area contributed by atoms with Crippen LogP contribution in [0.15, 0.2) is 92.7 Å². The number of ether oxygens (including phenoxy) is 3. The molecule has 0 bridgehead atoms. The average molecular weight is 713 g/mol. The van der Waals surface area contributed by atoms with Crippen LogP contribution in [0.1, 0.15) is 36.6 Å². The summed E-state index contributed by atoms with van der Waals surface area (Å²) >= 11 is 5.13. The highest BCUT2D eigenvalue weighted by atomic mass is 127. The van der Waals surface area contributed by atoms with Gasteiger partial charge in [0, 0.05) is 4.90 Å². The Morgan fingerprint density at radius 1 is 1.14 bits per heavy atom. The molecular weight excluding hydrogens is 683 g/mol. The largest absolute Gasteiger partial charge is 0.493 e. The van der Waals surface area contributed by atoms with Crippen molar-refractivity contribution >= 4 is 57.7 Å². The van der Waals surface area contributed by atoms with Crippen LogP contribution in [0.25, 0.3) is 6.08 Å². The Morgan fingerprint density at radius 3 is 2.55 bits per heavy atom. The van der Waals surface area contributed by atoms with Gasteiger partial charge >= 0.3 is 5.97 Å². The molecule has 0 unspecified atom stereocenters. The molecule has 0 spiro atoms. The lowest BCUT2D eigenvalue weighted by atomic mass is 9.96. The smallest absolute Gasteiger partial charge is 0.338 e. The third-order valence-corrected chi connectivity index (χ3v) is 9.25. The number of esters is 1. The van der Waals surface area contributed by atoms with Crippen LogP contribution in [0.3, 0.4) is 0 Å². The highest BCUT2D eigenvalue weighted by Gasteiger charge is 2.33. The van der Waals surface area contributed by atoms with Gasteiger partial charge in [-0.2, -0.15) is 0 Å². The minimum absolute atomic E-state index is 0.226. The number of benzene rings is 3. The molecule has 0 saturated carbocycles. The van der Waals surface area contributed by atoms with Crippen molar-refractivity contribution in [3.05, 3.63) is 118 Å². The molecule has 0 radical (unpaired) electrons. The van der Waals surface area contributed by atoms with Gasteiger partial charge in [0.2, 0.25) is 0 Å². The summed E-state index contributed by atoms with van der Waals surface area (Å²) in [6.07, 6.45) is 3.83. The number of nitrogens with zero attached hydrogens (tertiary/aromatic N) is 2.